The Kier molecular flexibility index (Phi) is 4.30. The van der Waals surface area contributed by atoms with Crippen molar-refractivity contribution >= 4 is 5.71 Å². The molecular formula is C10H19N5. The number of H-pyrrole nitrogens is 1. The van der Waals surface area contributed by atoms with Crippen molar-refractivity contribution in [2.75, 3.05) is 6.67 Å². The van der Waals surface area contributed by atoms with E-state index in [1.807, 2.05) is 20.8 Å². The van der Waals surface area contributed by atoms with E-state index in [1.165, 1.54) is 5.56 Å². The summed E-state index contributed by atoms with van der Waals surface area (Å²) in [6.07, 6.45) is 1.89. The zero-order valence-corrected chi connectivity index (χ0v) is 9.59. The van der Waals surface area contributed by atoms with Gasteiger partial charge in [-0.2, -0.15) is 10.2 Å². The SMILES string of the molecule is CC(CCc1c(C)n[nH]c1C)=NNCN. The number of aromatic amines is 1. The van der Waals surface area contributed by atoms with Crippen molar-refractivity contribution in [1.82, 2.24) is 15.6 Å². The molecule has 15 heavy (non-hydrogen) atoms. The van der Waals surface area contributed by atoms with E-state index in [2.05, 4.69) is 20.7 Å². The second-order valence-electron chi connectivity index (χ2n) is 3.62. The van der Waals surface area contributed by atoms with Gasteiger partial charge in [-0.1, -0.05) is 0 Å². The third-order valence-electron chi connectivity index (χ3n) is 2.38. The number of hydrogen-bond donors (Lipinski definition) is 3. The summed E-state index contributed by atoms with van der Waals surface area (Å²) < 4.78 is 0. The highest BCUT2D eigenvalue weighted by Crippen LogP contribution is 2.11. The molecule has 4 N–H and O–H groups in total. The molecule has 0 saturated heterocycles. The molecular weight excluding hydrogens is 190 g/mol. The number of nitrogens with two attached hydrogens (primary N) is 1. The molecule has 1 rings (SSSR count). The lowest BCUT2D eigenvalue weighted by Crippen LogP contribution is -2.18. The Hall–Kier alpha value is -1.36. The van der Waals surface area contributed by atoms with E-state index in [9.17, 15) is 0 Å². The van der Waals surface area contributed by atoms with Gasteiger partial charge < -0.3 is 5.73 Å². The number of aryl methyl sites for hydroxylation is 2. The van der Waals surface area contributed by atoms with Crippen molar-refractivity contribution in [2.45, 2.75) is 33.6 Å². The van der Waals surface area contributed by atoms with Crippen LogP contribution in [-0.4, -0.2) is 22.6 Å². The van der Waals surface area contributed by atoms with E-state index in [1.54, 1.807) is 0 Å². The Bertz CT molecular complexity index is 320. The van der Waals surface area contributed by atoms with Gasteiger partial charge in [0.15, 0.2) is 0 Å². The maximum atomic E-state index is 5.28. The summed E-state index contributed by atoms with van der Waals surface area (Å²) in [6, 6.07) is 0. The van der Waals surface area contributed by atoms with Gasteiger partial charge in [0, 0.05) is 11.4 Å². The highest BCUT2D eigenvalue weighted by Gasteiger charge is 2.06. The van der Waals surface area contributed by atoms with Crippen LogP contribution in [0, 0.1) is 13.8 Å². The molecule has 0 radical (unpaired) electrons. The van der Waals surface area contributed by atoms with Crippen LogP contribution < -0.4 is 11.2 Å². The van der Waals surface area contributed by atoms with Crippen LogP contribution >= 0.6 is 0 Å². The Morgan fingerprint density at radius 1 is 1.53 bits per heavy atom. The van der Waals surface area contributed by atoms with Crippen LogP contribution in [0.25, 0.3) is 0 Å². The van der Waals surface area contributed by atoms with Crippen LogP contribution in [0.15, 0.2) is 5.10 Å². The van der Waals surface area contributed by atoms with Gasteiger partial charge in [0.05, 0.1) is 12.4 Å². The summed E-state index contributed by atoms with van der Waals surface area (Å²) in [6.45, 7) is 6.43. The fourth-order valence-corrected chi connectivity index (χ4v) is 1.48. The van der Waals surface area contributed by atoms with Crippen molar-refractivity contribution in [1.29, 1.82) is 0 Å². The molecule has 0 bridgehead atoms. The van der Waals surface area contributed by atoms with Crippen LogP contribution in [0.5, 0.6) is 0 Å². The maximum Gasteiger partial charge on any atom is 0.0798 e. The predicted octanol–water partition coefficient (Wildman–Crippen LogP) is 0.841. The Morgan fingerprint density at radius 3 is 2.80 bits per heavy atom. The third kappa shape index (κ3) is 3.36. The highest BCUT2D eigenvalue weighted by atomic mass is 15.3. The molecule has 0 saturated carbocycles. The summed E-state index contributed by atoms with van der Waals surface area (Å²) in [5.41, 5.74) is 12.6. The first kappa shape index (κ1) is 11.7. The van der Waals surface area contributed by atoms with Crippen LogP contribution in [-0.2, 0) is 6.42 Å². The molecule has 0 aliphatic rings. The van der Waals surface area contributed by atoms with Crippen molar-refractivity contribution in [3.63, 3.8) is 0 Å². The summed E-state index contributed by atoms with van der Waals surface area (Å²) in [4.78, 5) is 0. The molecule has 1 aromatic heterocycles. The molecule has 0 aliphatic heterocycles. The zero-order chi connectivity index (χ0) is 11.3. The Labute approximate surface area is 90.1 Å². The van der Waals surface area contributed by atoms with E-state index in [0.717, 1.165) is 29.9 Å². The monoisotopic (exact) mass is 209 g/mol. The van der Waals surface area contributed by atoms with Gasteiger partial charge >= 0.3 is 0 Å². The van der Waals surface area contributed by atoms with Gasteiger partial charge in [-0.25, -0.2) is 0 Å². The van der Waals surface area contributed by atoms with Crippen molar-refractivity contribution < 1.29 is 0 Å². The zero-order valence-electron chi connectivity index (χ0n) is 9.59. The minimum Gasteiger partial charge on any atom is -0.313 e. The van der Waals surface area contributed by atoms with E-state index >= 15 is 0 Å². The van der Waals surface area contributed by atoms with Gasteiger partial charge in [-0.3, -0.25) is 10.5 Å². The number of hydrazone groups is 1. The molecule has 0 aromatic carbocycles. The second-order valence-corrected chi connectivity index (χ2v) is 3.62. The molecule has 5 heteroatoms. The predicted molar refractivity (Wildman–Crippen MR) is 61.7 cm³/mol. The number of rotatable bonds is 5. The smallest absolute Gasteiger partial charge is 0.0798 e. The topological polar surface area (TPSA) is 79.1 Å². The molecule has 84 valence electrons. The third-order valence-corrected chi connectivity index (χ3v) is 2.38. The van der Waals surface area contributed by atoms with E-state index in [0.29, 0.717) is 6.67 Å². The first-order valence-electron chi connectivity index (χ1n) is 5.11. The summed E-state index contributed by atoms with van der Waals surface area (Å²) in [7, 11) is 0. The average molecular weight is 209 g/mol. The molecule has 1 aromatic rings. The van der Waals surface area contributed by atoms with E-state index < -0.39 is 0 Å². The minimum atomic E-state index is 0.376. The fourth-order valence-electron chi connectivity index (χ4n) is 1.48. The quantitative estimate of drug-likeness (QED) is 0.382. The number of nitrogens with one attached hydrogen (secondary N) is 2. The lowest BCUT2D eigenvalue weighted by molar-refractivity contribution is 0.753. The lowest BCUT2D eigenvalue weighted by Gasteiger charge is -2.02. The molecule has 5 nitrogen and oxygen atoms in total. The molecule has 0 spiro atoms. The van der Waals surface area contributed by atoms with Crippen LogP contribution in [0.2, 0.25) is 0 Å². The van der Waals surface area contributed by atoms with Crippen molar-refractivity contribution in [3.05, 3.63) is 17.0 Å². The molecule has 0 aliphatic carbocycles. The van der Waals surface area contributed by atoms with E-state index in [4.69, 9.17) is 5.73 Å². The van der Waals surface area contributed by atoms with Crippen LogP contribution in [0.3, 0.4) is 0 Å². The minimum absolute atomic E-state index is 0.376. The number of nitrogens with zero attached hydrogens (tertiary/aromatic N) is 2. The lowest BCUT2D eigenvalue weighted by atomic mass is 10.1. The normalized spacial score (nSPS) is 11.9. The number of aromatic nitrogens is 2. The van der Waals surface area contributed by atoms with Gasteiger partial charge in [0.2, 0.25) is 0 Å². The summed E-state index contributed by atoms with van der Waals surface area (Å²) in [5, 5.41) is 11.2. The van der Waals surface area contributed by atoms with Gasteiger partial charge in [0.1, 0.15) is 0 Å². The Morgan fingerprint density at radius 2 is 2.27 bits per heavy atom. The highest BCUT2D eigenvalue weighted by molar-refractivity contribution is 5.81. The largest absolute Gasteiger partial charge is 0.313 e. The van der Waals surface area contributed by atoms with Gasteiger partial charge in [-0.15, -0.1) is 0 Å². The second kappa shape index (κ2) is 5.50. The van der Waals surface area contributed by atoms with Crippen LogP contribution in [0.4, 0.5) is 0 Å². The first-order chi connectivity index (χ1) is 7.15. The van der Waals surface area contributed by atoms with Crippen molar-refractivity contribution in [3.8, 4) is 0 Å². The Balaban J connectivity index is 2.50. The molecule has 0 amide bonds. The van der Waals surface area contributed by atoms with Crippen LogP contribution in [0.1, 0.15) is 30.3 Å². The molecule has 0 fully saturated rings. The molecule has 0 atom stereocenters. The van der Waals surface area contributed by atoms with Crippen molar-refractivity contribution in [2.24, 2.45) is 10.8 Å². The maximum absolute atomic E-state index is 5.28. The fraction of sp³-hybridized carbons (Fsp3) is 0.600. The molecule has 1 heterocycles. The first-order valence-corrected chi connectivity index (χ1v) is 5.11. The summed E-state index contributed by atoms with van der Waals surface area (Å²) >= 11 is 0. The number of hydrogen-bond acceptors (Lipinski definition) is 4. The average Bonchev–Trinajstić information content (AvgIpc) is 2.53. The molecule has 0 unspecified atom stereocenters. The summed E-state index contributed by atoms with van der Waals surface area (Å²) in [5.74, 6) is 0. The van der Waals surface area contributed by atoms with E-state index in [-0.39, 0.29) is 0 Å². The van der Waals surface area contributed by atoms with Gasteiger partial charge in [0.25, 0.3) is 0 Å². The van der Waals surface area contributed by atoms with Gasteiger partial charge in [-0.05, 0) is 39.2 Å². The standard InChI is InChI=1S/C10H19N5/c1-7(13-12-6-11)4-5-10-8(2)14-15-9(10)3/h12H,4-6,11H2,1-3H3,(H,14,15).